The lowest BCUT2D eigenvalue weighted by Gasteiger charge is -2.36. The van der Waals surface area contributed by atoms with E-state index in [1.54, 1.807) is 18.4 Å². The van der Waals surface area contributed by atoms with Gasteiger partial charge in [0.2, 0.25) is 0 Å². The van der Waals surface area contributed by atoms with Crippen LogP contribution in [0, 0.1) is 0 Å². The highest BCUT2D eigenvalue weighted by Gasteiger charge is 2.35. The molecule has 3 aromatic rings. The van der Waals surface area contributed by atoms with Crippen LogP contribution in [0.25, 0.3) is 0 Å². The number of carbonyl (C=O) groups is 1. The highest BCUT2D eigenvalue weighted by atomic mass is 35.5. The Morgan fingerprint density at radius 3 is 2.44 bits per heavy atom. The Bertz CT molecular complexity index is 1140. The zero-order chi connectivity index (χ0) is 23.5. The van der Waals surface area contributed by atoms with Gasteiger partial charge in [0.25, 0.3) is 5.91 Å². The Morgan fingerprint density at radius 1 is 1.06 bits per heavy atom. The van der Waals surface area contributed by atoms with E-state index in [4.69, 9.17) is 25.9 Å². The minimum atomic E-state index is -0.242. The quantitative estimate of drug-likeness (QED) is 0.524. The molecule has 2 aliphatic rings. The first kappa shape index (κ1) is 22.5. The summed E-state index contributed by atoms with van der Waals surface area (Å²) in [5.74, 6) is 1.57. The highest BCUT2D eigenvalue weighted by molar-refractivity contribution is 6.30. The average molecular weight is 479 g/mol. The van der Waals surface area contributed by atoms with E-state index in [9.17, 15) is 4.79 Å². The fourth-order valence-electron chi connectivity index (χ4n) is 4.48. The van der Waals surface area contributed by atoms with Crippen LogP contribution < -0.4 is 9.64 Å². The monoisotopic (exact) mass is 478 g/mol. The molecule has 0 bridgehead atoms. The van der Waals surface area contributed by atoms with Crippen molar-refractivity contribution in [1.29, 1.82) is 0 Å². The molecular weight excluding hydrogens is 452 g/mol. The summed E-state index contributed by atoms with van der Waals surface area (Å²) in [5.41, 5.74) is 2.99. The number of carbonyl (C=O) groups excluding carboxylic acids is 1. The number of ether oxygens (including phenoxy) is 1. The van der Waals surface area contributed by atoms with E-state index in [2.05, 4.69) is 21.9 Å². The predicted octanol–water partition coefficient (Wildman–Crippen LogP) is 4.44. The maximum absolute atomic E-state index is 13.4. The van der Waals surface area contributed by atoms with Crippen LogP contribution in [0.2, 0.25) is 5.02 Å². The van der Waals surface area contributed by atoms with Gasteiger partial charge in [-0.1, -0.05) is 23.7 Å². The van der Waals surface area contributed by atoms with Gasteiger partial charge in [0, 0.05) is 43.3 Å². The number of hydrogen-bond acceptors (Lipinski definition) is 6. The third-order valence-corrected chi connectivity index (χ3v) is 6.64. The fourth-order valence-corrected chi connectivity index (χ4v) is 4.61. The highest BCUT2D eigenvalue weighted by Crippen LogP contribution is 2.33. The molecule has 1 fully saturated rings. The topological polar surface area (TPSA) is 61.5 Å². The van der Waals surface area contributed by atoms with Crippen molar-refractivity contribution >= 4 is 28.9 Å². The number of methoxy groups -OCH3 is 1. The SMILES string of the molecule is COc1ccc(N2CCN(CC(=O)N3N=C(c4ccc(Cl)cc4)C[C@@H]3c3ccco3)CC2)cc1. The molecule has 1 aromatic heterocycles. The molecule has 0 spiro atoms. The zero-order valence-electron chi connectivity index (χ0n) is 19.1. The summed E-state index contributed by atoms with van der Waals surface area (Å²) in [6.45, 7) is 3.67. The number of piperazine rings is 1. The second-order valence-corrected chi connectivity index (χ2v) is 8.92. The first-order valence-corrected chi connectivity index (χ1v) is 11.8. The number of furan rings is 1. The summed E-state index contributed by atoms with van der Waals surface area (Å²) in [5, 5.41) is 6.99. The molecule has 0 unspecified atom stereocenters. The molecule has 7 nitrogen and oxygen atoms in total. The Labute approximate surface area is 204 Å². The number of hydrogen-bond donors (Lipinski definition) is 0. The first-order chi connectivity index (χ1) is 16.6. The third kappa shape index (κ3) is 4.81. The van der Waals surface area contributed by atoms with E-state index in [1.807, 2.05) is 48.5 Å². The molecule has 1 amide bonds. The summed E-state index contributed by atoms with van der Waals surface area (Å²) >= 11 is 6.04. The van der Waals surface area contributed by atoms with E-state index >= 15 is 0 Å². The Kier molecular flexibility index (Phi) is 6.56. The van der Waals surface area contributed by atoms with Gasteiger partial charge in [-0.3, -0.25) is 9.69 Å². The molecule has 0 aliphatic carbocycles. The summed E-state index contributed by atoms with van der Waals surface area (Å²) in [7, 11) is 1.67. The van der Waals surface area contributed by atoms with Crippen LogP contribution in [-0.2, 0) is 4.79 Å². The Balaban J connectivity index is 1.25. The molecule has 176 valence electrons. The summed E-state index contributed by atoms with van der Waals surface area (Å²) < 4.78 is 10.9. The molecular formula is C26H27ClN4O3. The molecule has 1 atom stereocenters. The third-order valence-electron chi connectivity index (χ3n) is 6.38. The minimum Gasteiger partial charge on any atom is -0.497 e. The second-order valence-electron chi connectivity index (χ2n) is 8.49. The van der Waals surface area contributed by atoms with Crippen molar-refractivity contribution in [2.45, 2.75) is 12.5 Å². The molecule has 1 saturated heterocycles. The number of halogens is 1. The lowest BCUT2D eigenvalue weighted by Crippen LogP contribution is -2.49. The first-order valence-electron chi connectivity index (χ1n) is 11.4. The van der Waals surface area contributed by atoms with E-state index in [0.29, 0.717) is 18.0 Å². The van der Waals surface area contributed by atoms with Gasteiger partial charge in [-0.05, 0) is 54.1 Å². The van der Waals surface area contributed by atoms with E-state index < -0.39 is 0 Å². The van der Waals surface area contributed by atoms with Crippen molar-refractivity contribution in [3.05, 3.63) is 83.3 Å². The minimum absolute atomic E-state index is 0.0248. The van der Waals surface area contributed by atoms with Crippen LogP contribution in [0.4, 0.5) is 5.69 Å². The molecule has 3 heterocycles. The smallest absolute Gasteiger partial charge is 0.257 e. The van der Waals surface area contributed by atoms with Gasteiger partial charge < -0.3 is 14.1 Å². The Hall–Kier alpha value is -3.29. The van der Waals surface area contributed by atoms with Crippen molar-refractivity contribution < 1.29 is 13.9 Å². The number of hydrazone groups is 1. The second kappa shape index (κ2) is 9.91. The van der Waals surface area contributed by atoms with Gasteiger partial charge in [0.05, 0.1) is 25.6 Å². The van der Waals surface area contributed by atoms with Crippen LogP contribution in [0.5, 0.6) is 5.75 Å². The normalized spacial score (nSPS) is 18.8. The standard InChI is InChI=1S/C26H27ClN4O3/c1-33-22-10-8-21(9-11-22)30-14-12-29(13-15-30)18-26(32)31-24(25-3-2-16-34-25)17-23(28-31)19-4-6-20(27)7-5-19/h2-11,16,24H,12-15,17-18H2,1H3/t24-/m1/s1. The number of anilines is 1. The summed E-state index contributed by atoms with van der Waals surface area (Å²) in [6, 6.07) is 19.2. The van der Waals surface area contributed by atoms with E-state index in [0.717, 1.165) is 49.0 Å². The Morgan fingerprint density at radius 2 is 1.79 bits per heavy atom. The maximum Gasteiger partial charge on any atom is 0.257 e. The van der Waals surface area contributed by atoms with Crippen molar-refractivity contribution in [1.82, 2.24) is 9.91 Å². The molecule has 2 aliphatic heterocycles. The fraction of sp³-hybridized carbons (Fsp3) is 0.308. The van der Waals surface area contributed by atoms with Gasteiger partial charge in [-0.25, -0.2) is 5.01 Å². The predicted molar refractivity (Wildman–Crippen MR) is 133 cm³/mol. The molecule has 0 N–H and O–H groups in total. The van der Waals surface area contributed by atoms with Crippen molar-refractivity contribution in [2.24, 2.45) is 5.10 Å². The van der Waals surface area contributed by atoms with Crippen molar-refractivity contribution in [3.8, 4) is 5.75 Å². The van der Waals surface area contributed by atoms with Gasteiger partial charge in [-0.2, -0.15) is 5.10 Å². The van der Waals surface area contributed by atoms with Gasteiger partial charge in [0.15, 0.2) is 0 Å². The lowest BCUT2D eigenvalue weighted by atomic mass is 10.0. The molecule has 0 saturated carbocycles. The van der Waals surface area contributed by atoms with Gasteiger partial charge in [0.1, 0.15) is 17.6 Å². The van der Waals surface area contributed by atoms with Crippen molar-refractivity contribution in [2.75, 3.05) is 44.7 Å². The maximum atomic E-state index is 13.4. The van der Waals surface area contributed by atoms with Gasteiger partial charge >= 0.3 is 0 Å². The number of rotatable bonds is 6. The molecule has 5 rings (SSSR count). The lowest BCUT2D eigenvalue weighted by molar-refractivity contribution is -0.134. The largest absolute Gasteiger partial charge is 0.497 e. The van der Waals surface area contributed by atoms with E-state index in [1.165, 1.54) is 5.69 Å². The molecule has 8 heteroatoms. The molecule has 34 heavy (non-hydrogen) atoms. The van der Waals surface area contributed by atoms with E-state index in [-0.39, 0.29) is 11.9 Å². The van der Waals surface area contributed by atoms with Crippen LogP contribution >= 0.6 is 11.6 Å². The summed E-state index contributed by atoms with van der Waals surface area (Å²) in [6.07, 6.45) is 2.24. The summed E-state index contributed by atoms with van der Waals surface area (Å²) in [4.78, 5) is 17.9. The van der Waals surface area contributed by atoms with Crippen LogP contribution in [-0.4, -0.2) is 61.4 Å². The zero-order valence-corrected chi connectivity index (χ0v) is 19.8. The molecule has 0 radical (unpaired) electrons. The number of amides is 1. The van der Waals surface area contributed by atoms with Crippen molar-refractivity contribution in [3.63, 3.8) is 0 Å². The molecule has 2 aromatic carbocycles. The van der Waals surface area contributed by atoms with Crippen LogP contribution in [0.15, 0.2) is 76.4 Å². The van der Waals surface area contributed by atoms with Crippen LogP contribution in [0.3, 0.4) is 0 Å². The van der Waals surface area contributed by atoms with Crippen LogP contribution in [0.1, 0.15) is 23.8 Å². The average Bonchev–Trinajstić information content (AvgIpc) is 3.55. The van der Waals surface area contributed by atoms with Gasteiger partial charge in [-0.15, -0.1) is 0 Å². The number of benzene rings is 2. The number of nitrogens with zero attached hydrogens (tertiary/aromatic N) is 4.